The number of hydrogen-bond donors (Lipinski definition) is 1. The van der Waals surface area contributed by atoms with Crippen molar-refractivity contribution in [2.24, 2.45) is 0 Å². The first-order valence-electron chi connectivity index (χ1n) is 6.01. The van der Waals surface area contributed by atoms with Crippen LogP contribution in [-0.4, -0.2) is 15.6 Å². The van der Waals surface area contributed by atoms with E-state index < -0.39 is 11.9 Å². The summed E-state index contributed by atoms with van der Waals surface area (Å²) in [5, 5.41) is 10.3. The zero-order chi connectivity index (χ0) is 12.0. The van der Waals surface area contributed by atoms with Crippen molar-refractivity contribution in [1.82, 2.24) is 4.57 Å². The van der Waals surface area contributed by atoms with Crippen LogP contribution in [0.15, 0.2) is 24.4 Å². The predicted octanol–water partition coefficient (Wildman–Crippen LogP) is 2.78. The normalized spacial score (nSPS) is 16.1. The van der Waals surface area contributed by atoms with E-state index in [1.54, 1.807) is 6.92 Å². The Kier molecular flexibility index (Phi) is 2.21. The van der Waals surface area contributed by atoms with Crippen molar-refractivity contribution in [3.63, 3.8) is 0 Å². The molecule has 0 saturated heterocycles. The molecule has 88 valence electrons. The second-order valence-corrected chi connectivity index (χ2v) is 4.79. The van der Waals surface area contributed by atoms with Gasteiger partial charge in [-0.15, -0.1) is 0 Å². The minimum absolute atomic E-state index is 0.430. The van der Waals surface area contributed by atoms with Crippen LogP contribution in [0.25, 0.3) is 10.9 Å². The number of aromatic nitrogens is 1. The number of carboxylic acids is 1. The number of carboxylic acid groups (broad SMARTS) is 1. The summed E-state index contributed by atoms with van der Waals surface area (Å²) >= 11 is 0. The predicted molar refractivity (Wildman–Crippen MR) is 66.3 cm³/mol. The van der Waals surface area contributed by atoms with Crippen LogP contribution in [0.5, 0.6) is 0 Å². The molecule has 1 N–H and O–H groups in total. The third-order valence-electron chi connectivity index (χ3n) is 3.68. The second-order valence-electron chi connectivity index (χ2n) is 4.79. The topological polar surface area (TPSA) is 42.2 Å². The van der Waals surface area contributed by atoms with Crippen LogP contribution < -0.4 is 0 Å². The molecule has 1 aliphatic heterocycles. The van der Waals surface area contributed by atoms with Gasteiger partial charge in [0.2, 0.25) is 0 Å². The molecule has 3 nitrogen and oxygen atoms in total. The van der Waals surface area contributed by atoms with E-state index in [2.05, 4.69) is 22.9 Å². The maximum Gasteiger partial charge on any atom is 0.310 e. The fourth-order valence-corrected chi connectivity index (χ4v) is 2.68. The molecule has 1 aliphatic rings. The Morgan fingerprint density at radius 2 is 2.29 bits per heavy atom. The molecular weight excluding hydrogens is 214 g/mol. The molecule has 1 atom stereocenters. The van der Waals surface area contributed by atoms with Gasteiger partial charge in [0.15, 0.2) is 0 Å². The molecule has 2 aromatic rings. The lowest BCUT2D eigenvalue weighted by molar-refractivity contribution is -0.138. The molecule has 3 rings (SSSR count). The minimum Gasteiger partial charge on any atom is -0.481 e. The number of rotatable bonds is 2. The number of aliphatic carboxylic acids is 1. The molecule has 1 aromatic carbocycles. The van der Waals surface area contributed by atoms with Gasteiger partial charge >= 0.3 is 5.97 Å². The van der Waals surface area contributed by atoms with E-state index in [0.717, 1.165) is 24.9 Å². The summed E-state index contributed by atoms with van der Waals surface area (Å²) in [6.45, 7) is 2.82. The van der Waals surface area contributed by atoms with Crippen LogP contribution in [0.3, 0.4) is 0 Å². The SMILES string of the molecule is CC(C(=O)O)c1cc2c3c(ccn3CCC2)c1. The Morgan fingerprint density at radius 3 is 3.06 bits per heavy atom. The Bertz CT molecular complexity index is 598. The van der Waals surface area contributed by atoms with Crippen LogP contribution in [-0.2, 0) is 17.8 Å². The fraction of sp³-hybridized carbons (Fsp3) is 0.357. The maximum absolute atomic E-state index is 11.0. The molecule has 0 bridgehead atoms. The highest BCUT2D eigenvalue weighted by atomic mass is 16.4. The summed E-state index contributed by atoms with van der Waals surface area (Å²) in [5.41, 5.74) is 3.50. The van der Waals surface area contributed by atoms with E-state index in [9.17, 15) is 4.79 Å². The zero-order valence-electron chi connectivity index (χ0n) is 9.81. The standard InChI is InChI=1S/C14H15NO2/c1-9(14(16)17)12-7-10-3-2-5-15-6-4-11(8-12)13(10)15/h4,6-9H,2-3,5H2,1H3,(H,16,17). The third-order valence-corrected chi connectivity index (χ3v) is 3.68. The van der Waals surface area contributed by atoms with Crippen molar-refractivity contribution in [3.05, 3.63) is 35.5 Å². The fourth-order valence-electron chi connectivity index (χ4n) is 2.68. The van der Waals surface area contributed by atoms with E-state index in [0.29, 0.717) is 0 Å². The van der Waals surface area contributed by atoms with Crippen molar-refractivity contribution in [2.45, 2.75) is 32.2 Å². The number of nitrogens with zero attached hydrogens (tertiary/aromatic N) is 1. The Balaban J connectivity index is 2.21. The highest BCUT2D eigenvalue weighted by Gasteiger charge is 2.18. The van der Waals surface area contributed by atoms with Gasteiger partial charge in [-0.1, -0.05) is 6.07 Å². The van der Waals surface area contributed by atoms with Crippen molar-refractivity contribution in [1.29, 1.82) is 0 Å². The Morgan fingerprint density at radius 1 is 1.47 bits per heavy atom. The Hall–Kier alpha value is -1.77. The summed E-state index contributed by atoms with van der Waals surface area (Å²) in [6, 6.07) is 6.17. The first kappa shape index (κ1) is 10.4. The molecular formula is C14H15NO2. The first-order valence-corrected chi connectivity index (χ1v) is 6.01. The quantitative estimate of drug-likeness (QED) is 0.860. The minimum atomic E-state index is -0.758. The maximum atomic E-state index is 11.0. The monoisotopic (exact) mass is 229 g/mol. The van der Waals surface area contributed by atoms with Crippen LogP contribution in [0.2, 0.25) is 0 Å². The largest absolute Gasteiger partial charge is 0.481 e. The van der Waals surface area contributed by atoms with Crippen LogP contribution in [0.4, 0.5) is 0 Å². The molecule has 0 amide bonds. The molecule has 0 saturated carbocycles. The van der Waals surface area contributed by atoms with Gasteiger partial charge in [-0.05, 0) is 43.0 Å². The molecule has 0 fully saturated rings. The number of carbonyl (C=O) groups is 1. The van der Waals surface area contributed by atoms with Gasteiger partial charge in [0, 0.05) is 18.1 Å². The molecule has 17 heavy (non-hydrogen) atoms. The van der Waals surface area contributed by atoms with Crippen molar-refractivity contribution < 1.29 is 9.90 Å². The summed E-state index contributed by atoms with van der Waals surface area (Å²) in [6.07, 6.45) is 4.30. The van der Waals surface area contributed by atoms with Gasteiger partial charge in [0.1, 0.15) is 0 Å². The van der Waals surface area contributed by atoms with Gasteiger partial charge < -0.3 is 9.67 Å². The molecule has 0 radical (unpaired) electrons. The molecule has 2 heterocycles. The van der Waals surface area contributed by atoms with Crippen molar-refractivity contribution in [3.8, 4) is 0 Å². The second kappa shape index (κ2) is 3.62. The lowest BCUT2D eigenvalue weighted by Crippen LogP contribution is -2.10. The summed E-state index contributed by atoms with van der Waals surface area (Å²) in [4.78, 5) is 11.0. The summed E-state index contributed by atoms with van der Waals surface area (Å²) < 4.78 is 2.27. The number of aryl methyl sites for hydroxylation is 2. The van der Waals surface area contributed by atoms with Gasteiger partial charge in [-0.3, -0.25) is 4.79 Å². The van der Waals surface area contributed by atoms with E-state index in [1.165, 1.54) is 16.5 Å². The zero-order valence-corrected chi connectivity index (χ0v) is 9.81. The smallest absolute Gasteiger partial charge is 0.310 e. The highest BCUT2D eigenvalue weighted by molar-refractivity contribution is 5.86. The Labute approximate surface area is 99.7 Å². The molecule has 0 spiro atoms. The average molecular weight is 229 g/mol. The lowest BCUT2D eigenvalue weighted by atomic mass is 9.94. The average Bonchev–Trinajstić information content (AvgIpc) is 2.73. The van der Waals surface area contributed by atoms with Crippen LogP contribution >= 0.6 is 0 Å². The van der Waals surface area contributed by atoms with E-state index in [-0.39, 0.29) is 0 Å². The number of hydrogen-bond acceptors (Lipinski definition) is 1. The van der Waals surface area contributed by atoms with Gasteiger partial charge in [-0.25, -0.2) is 0 Å². The van der Waals surface area contributed by atoms with E-state index in [4.69, 9.17) is 5.11 Å². The number of benzene rings is 1. The molecule has 1 aromatic heterocycles. The third kappa shape index (κ3) is 1.54. The molecule has 0 aliphatic carbocycles. The molecule has 1 unspecified atom stereocenters. The molecule has 3 heteroatoms. The highest BCUT2D eigenvalue weighted by Crippen LogP contribution is 2.30. The van der Waals surface area contributed by atoms with Crippen LogP contribution in [0.1, 0.15) is 30.4 Å². The van der Waals surface area contributed by atoms with Crippen molar-refractivity contribution >= 4 is 16.9 Å². The van der Waals surface area contributed by atoms with E-state index >= 15 is 0 Å². The van der Waals surface area contributed by atoms with Gasteiger partial charge in [-0.2, -0.15) is 0 Å². The lowest BCUT2D eigenvalue weighted by Gasteiger charge is -2.17. The summed E-state index contributed by atoms with van der Waals surface area (Å²) in [5.74, 6) is -1.19. The summed E-state index contributed by atoms with van der Waals surface area (Å²) in [7, 11) is 0. The van der Waals surface area contributed by atoms with Gasteiger partial charge in [0.05, 0.1) is 11.4 Å². The van der Waals surface area contributed by atoms with E-state index in [1.807, 2.05) is 6.07 Å². The van der Waals surface area contributed by atoms with Crippen molar-refractivity contribution in [2.75, 3.05) is 0 Å². The van der Waals surface area contributed by atoms with Gasteiger partial charge in [0.25, 0.3) is 0 Å². The van der Waals surface area contributed by atoms with Crippen LogP contribution in [0, 0.1) is 0 Å². The first-order chi connectivity index (χ1) is 8.16.